The molecule has 0 bridgehead atoms. The lowest BCUT2D eigenvalue weighted by molar-refractivity contribution is -0.0570. The lowest BCUT2D eigenvalue weighted by Gasteiger charge is -2.42. The van der Waals surface area contributed by atoms with Crippen LogP contribution in [0.3, 0.4) is 0 Å². The van der Waals surface area contributed by atoms with E-state index in [2.05, 4.69) is 0 Å². The summed E-state index contributed by atoms with van der Waals surface area (Å²) in [7, 11) is 0. The van der Waals surface area contributed by atoms with E-state index in [1.54, 1.807) is 11.2 Å². The van der Waals surface area contributed by atoms with Gasteiger partial charge in [0.25, 0.3) is 5.91 Å². The molecule has 1 aromatic heterocycles. The number of imidazole rings is 1. The van der Waals surface area contributed by atoms with Gasteiger partial charge in [0.2, 0.25) is 0 Å². The Morgan fingerprint density at radius 2 is 1.72 bits per heavy atom. The molecule has 2 fully saturated rings. The van der Waals surface area contributed by atoms with E-state index in [9.17, 15) is 19.8 Å². The molecule has 9 nitrogen and oxygen atoms in total. The number of nitrogens with zero attached hydrogens (tertiary/aromatic N) is 4. The molecule has 9 heteroatoms. The fourth-order valence-corrected chi connectivity index (χ4v) is 6.53. The van der Waals surface area contributed by atoms with Crippen LogP contribution in [0.1, 0.15) is 75.0 Å². The maximum Gasteiger partial charge on any atom is 0.410 e. The molecule has 1 unspecified atom stereocenters. The molecule has 2 aliphatic rings. The number of amides is 2. The predicted molar refractivity (Wildman–Crippen MR) is 165 cm³/mol. The van der Waals surface area contributed by atoms with E-state index in [1.807, 2.05) is 90.9 Å². The predicted octanol–water partition coefficient (Wildman–Crippen LogP) is 5.08. The van der Waals surface area contributed by atoms with Crippen molar-refractivity contribution in [2.24, 2.45) is 0 Å². The number of hydrogen-bond acceptors (Lipinski definition) is 6. The Balaban J connectivity index is 1.51. The second-order valence-corrected chi connectivity index (χ2v) is 12.8. The van der Waals surface area contributed by atoms with Crippen molar-refractivity contribution in [2.45, 2.75) is 82.6 Å². The van der Waals surface area contributed by atoms with Crippen LogP contribution in [0.4, 0.5) is 4.79 Å². The van der Waals surface area contributed by atoms with Crippen LogP contribution in [0.15, 0.2) is 67.0 Å². The Bertz CT molecular complexity index is 1380. The van der Waals surface area contributed by atoms with Crippen molar-refractivity contribution in [3.63, 3.8) is 0 Å². The number of benzene rings is 2. The van der Waals surface area contributed by atoms with Gasteiger partial charge in [-0.05, 0) is 45.6 Å². The molecule has 1 saturated heterocycles. The molecule has 43 heavy (non-hydrogen) atoms. The van der Waals surface area contributed by atoms with Crippen LogP contribution in [0.25, 0.3) is 11.3 Å². The van der Waals surface area contributed by atoms with Gasteiger partial charge in [0.15, 0.2) is 5.69 Å². The van der Waals surface area contributed by atoms with Crippen LogP contribution in [-0.4, -0.2) is 85.0 Å². The molecule has 1 saturated carbocycles. The molecule has 1 aliphatic carbocycles. The Hall–Kier alpha value is -3.69. The maximum atomic E-state index is 14.5. The van der Waals surface area contributed by atoms with Gasteiger partial charge >= 0.3 is 6.09 Å². The molecule has 2 amide bonds. The summed E-state index contributed by atoms with van der Waals surface area (Å²) in [6.45, 7) is 6.47. The number of carbonyl (C=O) groups is 2. The topological polar surface area (TPSA) is 108 Å². The Labute approximate surface area is 254 Å². The summed E-state index contributed by atoms with van der Waals surface area (Å²) in [6.07, 6.45) is 5.28. The highest BCUT2D eigenvalue weighted by Gasteiger charge is 2.42. The third-order valence-electron chi connectivity index (χ3n) is 8.59. The fourth-order valence-electron chi connectivity index (χ4n) is 6.53. The first-order chi connectivity index (χ1) is 20.6. The van der Waals surface area contributed by atoms with Crippen molar-refractivity contribution in [3.05, 3.63) is 78.2 Å². The average molecular weight is 589 g/mol. The van der Waals surface area contributed by atoms with Crippen molar-refractivity contribution >= 4 is 12.0 Å². The Kier molecular flexibility index (Phi) is 9.22. The van der Waals surface area contributed by atoms with Crippen molar-refractivity contribution in [2.75, 3.05) is 26.2 Å². The highest BCUT2D eigenvalue weighted by Crippen LogP contribution is 2.42. The molecule has 3 atom stereocenters. The molecule has 1 aliphatic heterocycles. The quantitative estimate of drug-likeness (QED) is 0.399. The molecule has 2 heterocycles. The molecular weight excluding hydrogens is 544 g/mol. The summed E-state index contributed by atoms with van der Waals surface area (Å²) >= 11 is 0. The molecular formula is C34H44N4O5. The van der Waals surface area contributed by atoms with Gasteiger partial charge in [0.1, 0.15) is 5.60 Å². The highest BCUT2D eigenvalue weighted by atomic mass is 16.6. The van der Waals surface area contributed by atoms with Gasteiger partial charge in [-0.1, -0.05) is 73.5 Å². The SMILES string of the molecule is CC(C)(C)OC(=O)N1CCN(C(=O)c2ncn([C@H]3CCCCC3(O)CCO)c2-c2ccccc2)[C@H](Cc2ccccc2)C1. The first-order valence-corrected chi connectivity index (χ1v) is 15.4. The first kappa shape index (κ1) is 30.8. The van der Waals surface area contributed by atoms with Gasteiger partial charge in [0.05, 0.1) is 29.7 Å². The van der Waals surface area contributed by atoms with Crippen molar-refractivity contribution < 1.29 is 24.5 Å². The summed E-state index contributed by atoms with van der Waals surface area (Å²) in [4.78, 5) is 35.8. The summed E-state index contributed by atoms with van der Waals surface area (Å²) in [5, 5.41) is 21.5. The summed E-state index contributed by atoms with van der Waals surface area (Å²) in [5.74, 6) is -0.205. The van der Waals surface area contributed by atoms with E-state index in [1.165, 1.54) is 0 Å². The van der Waals surface area contributed by atoms with Gasteiger partial charge in [-0.3, -0.25) is 4.79 Å². The van der Waals surface area contributed by atoms with Crippen molar-refractivity contribution in [1.82, 2.24) is 19.4 Å². The first-order valence-electron chi connectivity index (χ1n) is 15.4. The molecule has 2 aromatic carbocycles. The van der Waals surface area contributed by atoms with Crippen molar-refractivity contribution in [3.8, 4) is 11.3 Å². The standard InChI is InChI=1S/C34H44N4O5/c1-33(2,3)43-32(41)36-19-20-37(27(23-36)22-25-12-6-4-7-13-25)31(40)29-30(26-14-8-5-9-15-26)38(24-35-29)28-16-10-11-17-34(28,42)18-21-39/h4-9,12-15,24,27-28,39,42H,10-11,16-23H2,1-3H3/t27-,28+,34?/m1/s1. The fraction of sp³-hybridized carbons (Fsp3) is 0.500. The molecule has 0 radical (unpaired) electrons. The normalized spacial score (nSPS) is 22.8. The van der Waals surface area contributed by atoms with Crippen LogP contribution >= 0.6 is 0 Å². The number of aliphatic hydroxyl groups is 2. The molecule has 0 spiro atoms. The lowest BCUT2D eigenvalue weighted by Crippen LogP contribution is -2.58. The second kappa shape index (κ2) is 12.9. The van der Waals surface area contributed by atoms with E-state index in [0.717, 1.165) is 30.4 Å². The van der Waals surface area contributed by atoms with Crippen LogP contribution in [0.5, 0.6) is 0 Å². The zero-order chi connectivity index (χ0) is 30.6. The van der Waals surface area contributed by atoms with Gasteiger partial charge in [-0.25, -0.2) is 9.78 Å². The minimum absolute atomic E-state index is 0.114. The Morgan fingerprint density at radius 1 is 1.02 bits per heavy atom. The number of rotatable bonds is 7. The number of carbonyl (C=O) groups excluding carboxylic acids is 2. The van der Waals surface area contributed by atoms with E-state index in [4.69, 9.17) is 9.72 Å². The minimum atomic E-state index is -1.09. The largest absolute Gasteiger partial charge is 0.444 e. The van der Waals surface area contributed by atoms with E-state index in [-0.39, 0.29) is 37.1 Å². The second-order valence-electron chi connectivity index (χ2n) is 12.8. The average Bonchev–Trinajstić information content (AvgIpc) is 3.42. The van der Waals surface area contributed by atoms with Gasteiger partial charge < -0.3 is 29.3 Å². The third-order valence-corrected chi connectivity index (χ3v) is 8.59. The van der Waals surface area contributed by atoms with E-state index < -0.39 is 11.2 Å². The van der Waals surface area contributed by atoms with E-state index >= 15 is 0 Å². The van der Waals surface area contributed by atoms with Crippen molar-refractivity contribution in [1.29, 1.82) is 0 Å². The molecule has 3 aromatic rings. The van der Waals surface area contributed by atoms with Gasteiger partial charge in [0, 0.05) is 38.2 Å². The van der Waals surface area contributed by atoms with Gasteiger partial charge in [-0.15, -0.1) is 0 Å². The monoisotopic (exact) mass is 588 g/mol. The van der Waals surface area contributed by atoms with Crippen LogP contribution in [0.2, 0.25) is 0 Å². The smallest absolute Gasteiger partial charge is 0.410 e. The highest BCUT2D eigenvalue weighted by molar-refractivity contribution is 5.98. The van der Waals surface area contributed by atoms with E-state index in [0.29, 0.717) is 43.9 Å². The van der Waals surface area contributed by atoms with Gasteiger partial charge in [-0.2, -0.15) is 0 Å². The van der Waals surface area contributed by atoms with Crippen LogP contribution in [-0.2, 0) is 11.2 Å². The number of piperazine rings is 1. The zero-order valence-electron chi connectivity index (χ0n) is 25.5. The number of aliphatic hydroxyl groups excluding tert-OH is 1. The molecule has 230 valence electrons. The lowest BCUT2D eigenvalue weighted by atomic mass is 9.78. The van der Waals surface area contributed by atoms with Crippen LogP contribution in [0, 0.1) is 0 Å². The number of hydrogen-bond donors (Lipinski definition) is 2. The minimum Gasteiger partial charge on any atom is -0.444 e. The zero-order valence-corrected chi connectivity index (χ0v) is 25.5. The Morgan fingerprint density at radius 3 is 2.40 bits per heavy atom. The molecule has 2 N–H and O–H groups in total. The summed E-state index contributed by atoms with van der Waals surface area (Å²) in [6, 6.07) is 19.1. The molecule has 5 rings (SSSR count). The maximum absolute atomic E-state index is 14.5. The van der Waals surface area contributed by atoms with Crippen LogP contribution < -0.4 is 0 Å². The number of aromatic nitrogens is 2. The third kappa shape index (κ3) is 6.94. The summed E-state index contributed by atoms with van der Waals surface area (Å²) < 4.78 is 7.63. The number of ether oxygens (including phenoxy) is 1. The summed E-state index contributed by atoms with van der Waals surface area (Å²) in [5.41, 5.74) is 1.20.